The van der Waals surface area contributed by atoms with Gasteiger partial charge in [-0.1, -0.05) is 6.07 Å². The normalized spacial score (nSPS) is 19.3. The summed E-state index contributed by atoms with van der Waals surface area (Å²) >= 11 is 0. The van der Waals surface area contributed by atoms with E-state index in [-0.39, 0.29) is 19.1 Å². The first-order valence-electron chi connectivity index (χ1n) is 7.25. The van der Waals surface area contributed by atoms with Gasteiger partial charge in [0.15, 0.2) is 6.61 Å². The van der Waals surface area contributed by atoms with E-state index in [1.807, 2.05) is 12.1 Å². The number of ether oxygens (including phenoxy) is 2. The maximum Gasteiger partial charge on any atom is 0.265 e. The molecule has 2 heterocycles. The zero-order valence-corrected chi connectivity index (χ0v) is 12.0. The molecule has 0 atom stereocenters. The van der Waals surface area contributed by atoms with E-state index in [2.05, 4.69) is 4.90 Å². The Balaban J connectivity index is 1.71. The van der Waals surface area contributed by atoms with Crippen molar-refractivity contribution in [1.82, 2.24) is 4.90 Å². The Morgan fingerprint density at radius 2 is 2.00 bits per heavy atom. The molecule has 1 saturated heterocycles. The third kappa shape index (κ3) is 3.18. The number of morpholine rings is 1. The van der Waals surface area contributed by atoms with Crippen molar-refractivity contribution < 1.29 is 19.4 Å². The van der Waals surface area contributed by atoms with Gasteiger partial charge in [-0.15, -0.1) is 0 Å². The molecule has 21 heavy (non-hydrogen) atoms. The molecule has 1 aromatic rings. The Labute approximate surface area is 123 Å². The second-order valence-corrected chi connectivity index (χ2v) is 5.25. The van der Waals surface area contributed by atoms with Gasteiger partial charge < -0.3 is 19.5 Å². The lowest BCUT2D eigenvalue weighted by Crippen LogP contribution is -2.45. The van der Waals surface area contributed by atoms with E-state index in [1.54, 1.807) is 11.0 Å². The molecule has 3 rings (SSSR count). The molecule has 1 fully saturated rings. The SMILES string of the molecule is O=C1COc2cc(CO)ccc2N1CCN1CCOCC1. The number of anilines is 1. The maximum atomic E-state index is 12.1. The number of carbonyl (C=O) groups excluding carboxylic acids is 1. The summed E-state index contributed by atoms with van der Waals surface area (Å²) in [5, 5.41) is 9.18. The fourth-order valence-electron chi connectivity index (χ4n) is 2.66. The number of hydrogen-bond acceptors (Lipinski definition) is 5. The lowest BCUT2D eigenvalue weighted by Gasteiger charge is -2.33. The zero-order chi connectivity index (χ0) is 14.7. The number of aliphatic hydroxyl groups excluding tert-OH is 1. The lowest BCUT2D eigenvalue weighted by molar-refractivity contribution is -0.121. The summed E-state index contributed by atoms with van der Waals surface area (Å²) in [6.45, 7) is 4.85. The van der Waals surface area contributed by atoms with E-state index in [0.717, 1.165) is 44.1 Å². The fraction of sp³-hybridized carbons (Fsp3) is 0.533. The zero-order valence-electron chi connectivity index (χ0n) is 12.0. The van der Waals surface area contributed by atoms with E-state index in [9.17, 15) is 9.90 Å². The van der Waals surface area contributed by atoms with Gasteiger partial charge in [-0.3, -0.25) is 9.69 Å². The van der Waals surface area contributed by atoms with Gasteiger partial charge in [0.1, 0.15) is 5.75 Å². The van der Waals surface area contributed by atoms with Crippen LogP contribution < -0.4 is 9.64 Å². The molecule has 0 aromatic heterocycles. The molecule has 114 valence electrons. The van der Waals surface area contributed by atoms with Crippen molar-refractivity contribution in [3.63, 3.8) is 0 Å². The molecule has 0 aliphatic carbocycles. The van der Waals surface area contributed by atoms with Crippen molar-refractivity contribution in [2.24, 2.45) is 0 Å². The van der Waals surface area contributed by atoms with Crippen molar-refractivity contribution in [1.29, 1.82) is 0 Å². The molecular formula is C15H20N2O4. The second kappa shape index (κ2) is 6.43. The number of hydrogen-bond donors (Lipinski definition) is 1. The Morgan fingerprint density at radius 1 is 1.19 bits per heavy atom. The lowest BCUT2D eigenvalue weighted by atomic mass is 10.1. The smallest absolute Gasteiger partial charge is 0.265 e. The molecule has 6 nitrogen and oxygen atoms in total. The summed E-state index contributed by atoms with van der Waals surface area (Å²) in [5.41, 5.74) is 1.58. The van der Waals surface area contributed by atoms with Crippen LogP contribution in [-0.2, 0) is 16.1 Å². The number of carbonyl (C=O) groups is 1. The van der Waals surface area contributed by atoms with Gasteiger partial charge in [-0.25, -0.2) is 0 Å². The molecule has 0 bridgehead atoms. The van der Waals surface area contributed by atoms with Crippen molar-refractivity contribution in [2.75, 3.05) is 50.9 Å². The third-order valence-corrected chi connectivity index (χ3v) is 3.89. The van der Waals surface area contributed by atoms with Crippen LogP contribution in [-0.4, -0.2) is 61.9 Å². The van der Waals surface area contributed by atoms with Gasteiger partial charge in [-0.05, 0) is 17.7 Å². The Hall–Kier alpha value is -1.63. The first-order valence-corrected chi connectivity index (χ1v) is 7.25. The molecule has 2 aliphatic rings. The van der Waals surface area contributed by atoms with Gasteiger partial charge in [0.25, 0.3) is 5.91 Å². The minimum atomic E-state index is -0.0294. The highest BCUT2D eigenvalue weighted by molar-refractivity contribution is 5.97. The van der Waals surface area contributed by atoms with Crippen molar-refractivity contribution in [2.45, 2.75) is 6.61 Å². The van der Waals surface area contributed by atoms with Crippen LogP contribution in [0.15, 0.2) is 18.2 Å². The molecule has 1 amide bonds. The number of nitrogens with zero attached hydrogens (tertiary/aromatic N) is 2. The largest absolute Gasteiger partial charge is 0.482 e. The highest BCUT2D eigenvalue weighted by atomic mass is 16.5. The minimum absolute atomic E-state index is 0.0208. The average molecular weight is 292 g/mol. The summed E-state index contributed by atoms with van der Waals surface area (Å²) in [7, 11) is 0. The van der Waals surface area contributed by atoms with Crippen LogP contribution in [0.4, 0.5) is 5.69 Å². The predicted molar refractivity (Wildman–Crippen MR) is 77.5 cm³/mol. The van der Waals surface area contributed by atoms with E-state index < -0.39 is 0 Å². The van der Waals surface area contributed by atoms with Crippen LogP contribution in [0.2, 0.25) is 0 Å². The van der Waals surface area contributed by atoms with Crippen LogP contribution >= 0.6 is 0 Å². The van der Waals surface area contributed by atoms with E-state index in [0.29, 0.717) is 12.3 Å². The van der Waals surface area contributed by atoms with Crippen molar-refractivity contribution in [3.8, 4) is 5.75 Å². The molecule has 1 aromatic carbocycles. The summed E-state index contributed by atoms with van der Waals surface area (Å²) in [6, 6.07) is 5.46. The summed E-state index contributed by atoms with van der Waals surface area (Å²) in [6.07, 6.45) is 0. The van der Waals surface area contributed by atoms with E-state index >= 15 is 0 Å². The van der Waals surface area contributed by atoms with Gasteiger partial charge in [-0.2, -0.15) is 0 Å². The quantitative estimate of drug-likeness (QED) is 0.861. The standard InChI is InChI=1S/C15H20N2O4/c18-10-12-1-2-13-14(9-12)21-11-15(19)17(13)4-3-16-5-7-20-8-6-16/h1-2,9,18H,3-8,10-11H2. The fourth-order valence-corrected chi connectivity index (χ4v) is 2.66. The number of aliphatic hydroxyl groups is 1. The van der Waals surface area contributed by atoms with E-state index in [1.165, 1.54) is 0 Å². The Kier molecular flexibility index (Phi) is 4.38. The number of fused-ring (bicyclic) bond motifs is 1. The molecule has 1 N–H and O–H groups in total. The van der Waals surface area contributed by atoms with Crippen LogP contribution in [0, 0.1) is 0 Å². The first-order chi connectivity index (χ1) is 10.3. The third-order valence-electron chi connectivity index (χ3n) is 3.89. The van der Waals surface area contributed by atoms with Crippen LogP contribution in [0.3, 0.4) is 0 Å². The summed E-state index contributed by atoms with van der Waals surface area (Å²) in [5.74, 6) is 0.649. The number of rotatable bonds is 4. The number of benzene rings is 1. The van der Waals surface area contributed by atoms with E-state index in [4.69, 9.17) is 9.47 Å². The molecule has 6 heteroatoms. The van der Waals surface area contributed by atoms with Crippen LogP contribution in [0.1, 0.15) is 5.56 Å². The van der Waals surface area contributed by atoms with Gasteiger partial charge in [0.05, 0.1) is 25.5 Å². The summed E-state index contributed by atoms with van der Waals surface area (Å²) < 4.78 is 10.8. The first kappa shape index (κ1) is 14.3. The van der Waals surface area contributed by atoms with Crippen LogP contribution in [0.25, 0.3) is 0 Å². The maximum absolute atomic E-state index is 12.1. The minimum Gasteiger partial charge on any atom is -0.482 e. The van der Waals surface area contributed by atoms with Crippen LogP contribution in [0.5, 0.6) is 5.75 Å². The molecule has 0 radical (unpaired) electrons. The molecule has 0 spiro atoms. The van der Waals surface area contributed by atoms with Gasteiger partial charge in [0.2, 0.25) is 0 Å². The van der Waals surface area contributed by atoms with Gasteiger partial charge in [0, 0.05) is 26.2 Å². The molecule has 2 aliphatic heterocycles. The highest BCUT2D eigenvalue weighted by Gasteiger charge is 2.26. The van der Waals surface area contributed by atoms with Crippen molar-refractivity contribution in [3.05, 3.63) is 23.8 Å². The monoisotopic (exact) mass is 292 g/mol. The van der Waals surface area contributed by atoms with Crippen molar-refractivity contribution >= 4 is 11.6 Å². The second-order valence-electron chi connectivity index (χ2n) is 5.25. The molecule has 0 saturated carbocycles. The number of amides is 1. The molecule has 0 unspecified atom stereocenters. The topological polar surface area (TPSA) is 62.2 Å². The molecular weight excluding hydrogens is 272 g/mol. The summed E-state index contributed by atoms with van der Waals surface area (Å²) in [4.78, 5) is 16.2. The predicted octanol–water partition coefficient (Wildman–Crippen LogP) is 0.236. The highest BCUT2D eigenvalue weighted by Crippen LogP contribution is 2.32. The Morgan fingerprint density at radius 3 is 2.76 bits per heavy atom. The average Bonchev–Trinajstić information content (AvgIpc) is 2.54. The van der Waals surface area contributed by atoms with Gasteiger partial charge >= 0.3 is 0 Å². The Bertz CT molecular complexity index is 514.